The minimum Gasteiger partial charge on any atom is -0.490 e. The lowest BCUT2D eigenvalue weighted by Crippen LogP contribution is -2.17. The van der Waals surface area contributed by atoms with E-state index in [0.29, 0.717) is 35.2 Å². The molecule has 0 unspecified atom stereocenters. The molecular formula is C24H23BrCl2FNO2. The third-order valence-electron chi connectivity index (χ3n) is 4.59. The second-order valence-electron chi connectivity index (χ2n) is 6.92. The van der Waals surface area contributed by atoms with E-state index in [1.165, 1.54) is 17.7 Å². The van der Waals surface area contributed by atoms with E-state index in [1.54, 1.807) is 6.07 Å². The molecule has 0 fully saturated rings. The number of rotatable bonds is 10. The normalized spacial score (nSPS) is 10.9. The summed E-state index contributed by atoms with van der Waals surface area (Å²) < 4.78 is 25.8. The van der Waals surface area contributed by atoms with Gasteiger partial charge < -0.3 is 14.8 Å². The summed E-state index contributed by atoms with van der Waals surface area (Å²) in [6, 6.07) is 16.1. The lowest BCUT2D eigenvalue weighted by atomic mass is 10.1. The molecule has 3 aromatic carbocycles. The summed E-state index contributed by atoms with van der Waals surface area (Å²) in [7, 11) is 0. The molecule has 3 rings (SSSR count). The standard InChI is InChI=1S/C24H23BrCl2FNO2/c1-2-30-23-12-17(14-29-10-9-16-3-6-19(26)7-4-16)11-21(25)24(23)31-15-18-5-8-20(28)13-22(18)27/h3-8,11-13,29H,2,9-10,14-15H2,1H3. The first-order valence-corrected chi connectivity index (χ1v) is 11.5. The van der Waals surface area contributed by atoms with Crippen molar-refractivity contribution in [3.8, 4) is 11.5 Å². The van der Waals surface area contributed by atoms with Crippen LogP contribution in [0.5, 0.6) is 11.5 Å². The van der Waals surface area contributed by atoms with Crippen molar-refractivity contribution >= 4 is 39.1 Å². The van der Waals surface area contributed by atoms with Crippen LogP contribution in [0.15, 0.2) is 59.1 Å². The lowest BCUT2D eigenvalue weighted by Gasteiger charge is -2.16. The molecule has 0 radical (unpaired) electrons. The number of ether oxygens (including phenoxy) is 2. The summed E-state index contributed by atoms with van der Waals surface area (Å²) in [5.41, 5.74) is 3.00. The van der Waals surface area contributed by atoms with Crippen molar-refractivity contribution in [3.05, 3.63) is 91.6 Å². The Morgan fingerprint density at radius 3 is 2.45 bits per heavy atom. The smallest absolute Gasteiger partial charge is 0.175 e. The van der Waals surface area contributed by atoms with Crippen LogP contribution in [0.3, 0.4) is 0 Å². The number of nitrogens with one attached hydrogen (secondary N) is 1. The van der Waals surface area contributed by atoms with Crippen molar-refractivity contribution in [2.45, 2.75) is 26.5 Å². The van der Waals surface area contributed by atoms with Crippen LogP contribution in [-0.4, -0.2) is 13.2 Å². The summed E-state index contributed by atoms with van der Waals surface area (Å²) in [4.78, 5) is 0. The number of hydrogen-bond donors (Lipinski definition) is 1. The van der Waals surface area contributed by atoms with Gasteiger partial charge in [-0.05, 0) is 83.3 Å². The van der Waals surface area contributed by atoms with E-state index in [0.717, 1.165) is 28.0 Å². The van der Waals surface area contributed by atoms with Gasteiger partial charge in [0.2, 0.25) is 0 Å². The molecule has 0 atom stereocenters. The molecule has 0 bridgehead atoms. The maximum atomic E-state index is 13.3. The summed E-state index contributed by atoms with van der Waals surface area (Å²) in [5, 5.41) is 4.52. The molecule has 0 spiro atoms. The van der Waals surface area contributed by atoms with Crippen molar-refractivity contribution in [2.75, 3.05) is 13.2 Å². The fourth-order valence-corrected chi connectivity index (χ4v) is 3.98. The number of halogens is 4. The molecule has 3 aromatic rings. The van der Waals surface area contributed by atoms with Crippen LogP contribution in [0.2, 0.25) is 10.0 Å². The van der Waals surface area contributed by atoms with Gasteiger partial charge in [0, 0.05) is 17.1 Å². The number of hydrogen-bond acceptors (Lipinski definition) is 3. The van der Waals surface area contributed by atoms with Gasteiger partial charge in [0.05, 0.1) is 16.1 Å². The Morgan fingerprint density at radius 2 is 1.74 bits per heavy atom. The highest BCUT2D eigenvalue weighted by atomic mass is 79.9. The maximum Gasteiger partial charge on any atom is 0.175 e. The maximum absolute atomic E-state index is 13.3. The van der Waals surface area contributed by atoms with Crippen LogP contribution in [0.25, 0.3) is 0 Å². The Balaban J connectivity index is 1.62. The highest BCUT2D eigenvalue weighted by Gasteiger charge is 2.14. The molecule has 0 aliphatic rings. The van der Waals surface area contributed by atoms with Crippen LogP contribution in [0, 0.1) is 5.82 Å². The Kier molecular flexibility index (Phi) is 9.02. The van der Waals surface area contributed by atoms with Crippen LogP contribution in [-0.2, 0) is 19.6 Å². The fraction of sp³-hybridized carbons (Fsp3) is 0.250. The van der Waals surface area contributed by atoms with Crippen molar-refractivity contribution in [1.82, 2.24) is 5.32 Å². The minimum absolute atomic E-state index is 0.205. The fourth-order valence-electron chi connectivity index (χ4n) is 3.03. The zero-order valence-electron chi connectivity index (χ0n) is 17.1. The van der Waals surface area contributed by atoms with E-state index in [4.69, 9.17) is 32.7 Å². The monoisotopic (exact) mass is 525 g/mol. The second kappa shape index (κ2) is 11.7. The zero-order valence-corrected chi connectivity index (χ0v) is 20.2. The molecule has 0 aromatic heterocycles. The Hall–Kier alpha value is -1.79. The van der Waals surface area contributed by atoms with Gasteiger partial charge >= 0.3 is 0 Å². The quantitative estimate of drug-likeness (QED) is 0.283. The molecule has 0 aliphatic heterocycles. The Labute approximate surface area is 200 Å². The van der Waals surface area contributed by atoms with Crippen molar-refractivity contribution < 1.29 is 13.9 Å². The molecule has 0 saturated carbocycles. The van der Waals surface area contributed by atoms with Crippen molar-refractivity contribution in [3.63, 3.8) is 0 Å². The molecule has 0 heterocycles. The van der Waals surface area contributed by atoms with E-state index in [1.807, 2.05) is 43.3 Å². The lowest BCUT2D eigenvalue weighted by molar-refractivity contribution is 0.267. The van der Waals surface area contributed by atoms with Crippen molar-refractivity contribution in [1.29, 1.82) is 0 Å². The largest absolute Gasteiger partial charge is 0.490 e. The van der Waals surface area contributed by atoms with E-state index < -0.39 is 0 Å². The Morgan fingerprint density at radius 1 is 0.968 bits per heavy atom. The zero-order chi connectivity index (χ0) is 22.2. The molecule has 0 saturated heterocycles. The van der Waals surface area contributed by atoms with E-state index in [2.05, 4.69) is 21.2 Å². The van der Waals surface area contributed by atoms with Gasteiger partial charge in [-0.3, -0.25) is 0 Å². The summed E-state index contributed by atoms with van der Waals surface area (Å²) in [5.74, 6) is 0.856. The van der Waals surface area contributed by atoms with Gasteiger partial charge in [-0.1, -0.05) is 41.4 Å². The van der Waals surface area contributed by atoms with Gasteiger partial charge in [0.1, 0.15) is 12.4 Å². The molecular weight excluding hydrogens is 504 g/mol. The van der Waals surface area contributed by atoms with Gasteiger partial charge in [-0.2, -0.15) is 0 Å². The van der Waals surface area contributed by atoms with E-state index in [9.17, 15) is 4.39 Å². The summed E-state index contributed by atoms with van der Waals surface area (Å²) in [6.07, 6.45) is 0.913. The predicted octanol–water partition coefficient (Wildman–Crippen LogP) is 7.21. The average molecular weight is 527 g/mol. The highest BCUT2D eigenvalue weighted by molar-refractivity contribution is 9.10. The molecule has 31 heavy (non-hydrogen) atoms. The molecule has 7 heteroatoms. The van der Waals surface area contributed by atoms with Gasteiger partial charge in [0.15, 0.2) is 11.5 Å². The first-order chi connectivity index (χ1) is 15.0. The first kappa shape index (κ1) is 23.9. The summed E-state index contributed by atoms with van der Waals surface area (Å²) in [6.45, 7) is 4.16. The molecule has 3 nitrogen and oxygen atoms in total. The molecule has 164 valence electrons. The number of benzene rings is 3. The van der Waals surface area contributed by atoms with Gasteiger partial charge in [-0.15, -0.1) is 0 Å². The van der Waals surface area contributed by atoms with Crippen LogP contribution in [0.1, 0.15) is 23.6 Å². The minimum atomic E-state index is -0.377. The molecule has 0 amide bonds. The van der Waals surface area contributed by atoms with Crippen LogP contribution in [0.4, 0.5) is 4.39 Å². The highest BCUT2D eigenvalue weighted by Crippen LogP contribution is 2.38. The second-order valence-corrected chi connectivity index (χ2v) is 8.61. The van der Waals surface area contributed by atoms with Gasteiger partial charge in [-0.25, -0.2) is 4.39 Å². The third kappa shape index (κ3) is 7.11. The topological polar surface area (TPSA) is 30.5 Å². The predicted molar refractivity (Wildman–Crippen MR) is 128 cm³/mol. The van der Waals surface area contributed by atoms with Crippen LogP contribution < -0.4 is 14.8 Å². The SMILES string of the molecule is CCOc1cc(CNCCc2ccc(Cl)cc2)cc(Br)c1OCc1ccc(F)cc1Cl. The Bertz CT molecular complexity index is 1020. The molecule has 0 aliphatic carbocycles. The van der Waals surface area contributed by atoms with Gasteiger partial charge in [0.25, 0.3) is 0 Å². The van der Waals surface area contributed by atoms with E-state index in [-0.39, 0.29) is 12.4 Å². The summed E-state index contributed by atoms with van der Waals surface area (Å²) >= 11 is 15.6. The van der Waals surface area contributed by atoms with E-state index >= 15 is 0 Å². The molecule has 1 N–H and O–H groups in total. The van der Waals surface area contributed by atoms with Crippen molar-refractivity contribution in [2.24, 2.45) is 0 Å². The first-order valence-electron chi connectivity index (χ1n) is 9.93. The average Bonchev–Trinajstić information content (AvgIpc) is 2.73. The third-order valence-corrected chi connectivity index (χ3v) is 5.78. The van der Waals surface area contributed by atoms with Crippen LogP contribution >= 0.6 is 39.1 Å².